The molecule has 2 heterocycles. The Morgan fingerprint density at radius 1 is 1.17 bits per heavy atom. The summed E-state index contributed by atoms with van der Waals surface area (Å²) in [6, 6.07) is -0.382. The van der Waals surface area contributed by atoms with Crippen LogP contribution in [0.4, 0.5) is 4.79 Å². The zero-order valence-corrected chi connectivity index (χ0v) is 14.6. The minimum atomic E-state index is -0.784. The van der Waals surface area contributed by atoms with Crippen LogP contribution in [0.25, 0.3) is 0 Å². The number of nitrogens with one attached hydrogen (secondary N) is 1. The minimum absolute atomic E-state index is 0.0168. The molecule has 0 bridgehead atoms. The van der Waals surface area contributed by atoms with Crippen molar-refractivity contribution in [2.75, 3.05) is 0 Å². The summed E-state index contributed by atoms with van der Waals surface area (Å²) in [6.45, 7) is 9.96. The molecule has 0 spiro atoms. The van der Waals surface area contributed by atoms with Crippen LogP contribution in [0.2, 0.25) is 0 Å². The van der Waals surface area contributed by atoms with Crippen LogP contribution in [0.3, 0.4) is 0 Å². The second kappa shape index (κ2) is 6.29. The average molecular weight is 322 g/mol. The Hall–Kier alpha value is -1.92. The van der Waals surface area contributed by atoms with Crippen molar-refractivity contribution in [1.29, 1.82) is 0 Å². The number of carbonyl (C=O) groups is 2. The van der Waals surface area contributed by atoms with Gasteiger partial charge in [0.1, 0.15) is 12.1 Å². The van der Waals surface area contributed by atoms with Gasteiger partial charge in [0.05, 0.1) is 0 Å². The first-order valence-corrected chi connectivity index (χ1v) is 8.20. The summed E-state index contributed by atoms with van der Waals surface area (Å²) in [7, 11) is 0. The standard InChI is InChI=1S/C16H26N4O3/c1-6-8-16(9-7-2)13(21)20(14(22)18-16)10-11-17-12(19-23-11)15(3,4)5/h6-10H2,1-5H3,(H,18,22). The molecule has 128 valence electrons. The lowest BCUT2D eigenvalue weighted by atomic mass is 9.88. The Bertz CT molecular complexity index is 582. The molecule has 3 amide bonds. The third-order valence-electron chi connectivity index (χ3n) is 4.03. The molecule has 1 aliphatic rings. The van der Waals surface area contributed by atoms with Gasteiger partial charge in [0.25, 0.3) is 5.91 Å². The van der Waals surface area contributed by atoms with Gasteiger partial charge in [-0.15, -0.1) is 0 Å². The number of hydrogen-bond donors (Lipinski definition) is 1. The van der Waals surface area contributed by atoms with E-state index < -0.39 is 5.54 Å². The first kappa shape index (κ1) is 17.4. The zero-order chi connectivity index (χ0) is 17.3. The Morgan fingerprint density at radius 2 is 1.78 bits per heavy atom. The molecule has 0 radical (unpaired) electrons. The number of rotatable bonds is 6. The van der Waals surface area contributed by atoms with Gasteiger partial charge in [-0.2, -0.15) is 4.98 Å². The van der Waals surface area contributed by atoms with E-state index in [9.17, 15) is 9.59 Å². The Kier molecular flexibility index (Phi) is 4.77. The topological polar surface area (TPSA) is 88.3 Å². The number of urea groups is 1. The average Bonchev–Trinajstić information content (AvgIpc) is 3.00. The van der Waals surface area contributed by atoms with Gasteiger partial charge < -0.3 is 9.84 Å². The van der Waals surface area contributed by atoms with Crippen LogP contribution in [0.5, 0.6) is 0 Å². The first-order valence-electron chi connectivity index (χ1n) is 8.20. The van der Waals surface area contributed by atoms with E-state index in [0.29, 0.717) is 18.7 Å². The van der Waals surface area contributed by atoms with Gasteiger partial charge in [0, 0.05) is 5.41 Å². The molecule has 0 aromatic carbocycles. The molecule has 1 aromatic rings. The predicted octanol–water partition coefficient (Wildman–Crippen LogP) is 2.76. The van der Waals surface area contributed by atoms with Crippen molar-refractivity contribution in [3.8, 4) is 0 Å². The lowest BCUT2D eigenvalue weighted by Crippen LogP contribution is -2.46. The fourth-order valence-electron chi connectivity index (χ4n) is 2.90. The molecule has 23 heavy (non-hydrogen) atoms. The van der Waals surface area contributed by atoms with Crippen molar-refractivity contribution in [2.45, 2.75) is 77.8 Å². The molecule has 7 nitrogen and oxygen atoms in total. The summed E-state index contributed by atoms with van der Waals surface area (Å²) in [5, 5.41) is 6.81. The Morgan fingerprint density at radius 3 is 2.26 bits per heavy atom. The van der Waals surface area contributed by atoms with Crippen LogP contribution in [0, 0.1) is 0 Å². The van der Waals surface area contributed by atoms with Crippen LogP contribution in [-0.4, -0.2) is 32.5 Å². The summed E-state index contributed by atoms with van der Waals surface area (Å²) in [5.74, 6) is 0.650. The van der Waals surface area contributed by atoms with Crippen molar-refractivity contribution >= 4 is 11.9 Å². The van der Waals surface area contributed by atoms with Crippen LogP contribution in [-0.2, 0) is 16.8 Å². The van der Waals surface area contributed by atoms with Crippen LogP contribution in [0.1, 0.15) is 72.0 Å². The minimum Gasteiger partial charge on any atom is -0.337 e. The van der Waals surface area contributed by atoms with Crippen molar-refractivity contribution in [3.63, 3.8) is 0 Å². The molecule has 1 N–H and O–H groups in total. The summed E-state index contributed by atoms with van der Waals surface area (Å²) in [6.07, 6.45) is 2.93. The maximum absolute atomic E-state index is 12.8. The molecular formula is C16H26N4O3. The summed E-state index contributed by atoms with van der Waals surface area (Å²) < 4.78 is 5.20. The molecular weight excluding hydrogens is 296 g/mol. The van der Waals surface area contributed by atoms with Gasteiger partial charge in [0.2, 0.25) is 5.89 Å². The maximum Gasteiger partial charge on any atom is 0.325 e. The molecule has 1 saturated heterocycles. The number of aromatic nitrogens is 2. The van der Waals surface area contributed by atoms with Gasteiger partial charge >= 0.3 is 6.03 Å². The molecule has 1 aliphatic heterocycles. The van der Waals surface area contributed by atoms with Gasteiger partial charge in [-0.1, -0.05) is 52.6 Å². The van der Waals surface area contributed by atoms with Crippen molar-refractivity contribution in [3.05, 3.63) is 11.7 Å². The lowest BCUT2D eigenvalue weighted by molar-refractivity contribution is -0.132. The molecule has 0 unspecified atom stereocenters. The quantitative estimate of drug-likeness (QED) is 0.814. The number of hydrogen-bond acceptors (Lipinski definition) is 5. The maximum atomic E-state index is 12.8. The SMILES string of the molecule is CCCC1(CCC)NC(=O)N(Cc2nc(C(C)(C)C)no2)C1=O. The van der Waals surface area contributed by atoms with Gasteiger partial charge in [-0.3, -0.25) is 9.69 Å². The zero-order valence-electron chi connectivity index (χ0n) is 14.6. The monoisotopic (exact) mass is 322 g/mol. The van der Waals surface area contributed by atoms with Crippen molar-refractivity contribution in [2.24, 2.45) is 0 Å². The third kappa shape index (κ3) is 3.38. The fourth-order valence-corrected chi connectivity index (χ4v) is 2.90. The highest BCUT2D eigenvalue weighted by Gasteiger charge is 2.50. The predicted molar refractivity (Wildman–Crippen MR) is 84.6 cm³/mol. The number of imide groups is 1. The van der Waals surface area contributed by atoms with E-state index in [0.717, 1.165) is 12.8 Å². The number of carbonyl (C=O) groups excluding carboxylic acids is 2. The largest absolute Gasteiger partial charge is 0.337 e. The van der Waals surface area contributed by atoms with E-state index in [2.05, 4.69) is 15.5 Å². The summed E-state index contributed by atoms with van der Waals surface area (Å²) >= 11 is 0. The van der Waals surface area contributed by atoms with E-state index in [1.54, 1.807) is 0 Å². The molecule has 1 aromatic heterocycles. The Balaban J connectivity index is 2.18. The van der Waals surface area contributed by atoms with Gasteiger partial charge in [-0.05, 0) is 12.8 Å². The molecule has 0 atom stereocenters. The summed E-state index contributed by atoms with van der Waals surface area (Å²) in [4.78, 5) is 30.5. The van der Waals surface area contributed by atoms with Crippen LogP contribution >= 0.6 is 0 Å². The van der Waals surface area contributed by atoms with Crippen LogP contribution < -0.4 is 5.32 Å². The van der Waals surface area contributed by atoms with Gasteiger partial charge in [0.15, 0.2) is 5.82 Å². The second-order valence-corrected chi connectivity index (χ2v) is 7.17. The van der Waals surface area contributed by atoms with Gasteiger partial charge in [-0.25, -0.2) is 4.79 Å². The van der Waals surface area contributed by atoms with E-state index in [1.807, 2.05) is 34.6 Å². The van der Waals surface area contributed by atoms with Crippen LogP contribution in [0.15, 0.2) is 4.52 Å². The summed E-state index contributed by atoms with van der Waals surface area (Å²) in [5.41, 5.74) is -1.03. The van der Waals surface area contributed by atoms with E-state index >= 15 is 0 Å². The molecule has 0 saturated carbocycles. The third-order valence-corrected chi connectivity index (χ3v) is 4.03. The fraction of sp³-hybridized carbons (Fsp3) is 0.750. The number of nitrogens with zero attached hydrogens (tertiary/aromatic N) is 3. The second-order valence-electron chi connectivity index (χ2n) is 7.17. The van der Waals surface area contributed by atoms with Crippen molar-refractivity contribution < 1.29 is 14.1 Å². The molecule has 2 rings (SSSR count). The van der Waals surface area contributed by atoms with E-state index in [4.69, 9.17) is 4.52 Å². The lowest BCUT2D eigenvalue weighted by Gasteiger charge is -2.25. The highest BCUT2D eigenvalue weighted by molar-refractivity contribution is 6.06. The molecule has 1 fully saturated rings. The highest BCUT2D eigenvalue weighted by Crippen LogP contribution is 2.29. The van der Waals surface area contributed by atoms with E-state index in [-0.39, 0.29) is 29.8 Å². The first-order chi connectivity index (χ1) is 10.7. The smallest absolute Gasteiger partial charge is 0.325 e. The van der Waals surface area contributed by atoms with Crippen molar-refractivity contribution in [1.82, 2.24) is 20.4 Å². The van der Waals surface area contributed by atoms with E-state index in [1.165, 1.54) is 4.90 Å². The Labute approximate surface area is 136 Å². The molecule has 0 aliphatic carbocycles. The highest BCUT2D eigenvalue weighted by atomic mass is 16.5. The number of amides is 3. The molecule has 7 heteroatoms. The normalized spacial score (nSPS) is 17.7.